The van der Waals surface area contributed by atoms with Crippen LogP contribution in [0.15, 0.2) is 71.6 Å². The van der Waals surface area contributed by atoms with Crippen molar-refractivity contribution in [3.05, 3.63) is 89.6 Å². The van der Waals surface area contributed by atoms with Crippen LogP contribution in [0.1, 0.15) is 52.5 Å². The van der Waals surface area contributed by atoms with Crippen molar-refractivity contribution in [3.63, 3.8) is 0 Å². The van der Waals surface area contributed by atoms with E-state index in [0.29, 0.717) is 13.0 Å². The Morgan fingerprint density at radius 3 is 2.77 bits per heavy atom. The van der Waals surface area contributed by atoms with Crippen LogP contribution in [0.25, 0.3) is 0 Å². The van der Waals surface area contributed by atoms with Crippen molar-refractivity contribution in [2.45, 2.75) is 44.7 Å². The summed E-state index contributed by atoms with van der Waals surface area (Å²) >= 11 is 0. The minimum absolute atomic E-state index is 0.0326. The van der Waals surface area contributed by atoms with Crippen LogP contribution in [0, 0.1) is 6.92 Å². The Kier molecular flexibility index (Phi) is 6.46. The fourth-order valence-corrected chi connectivity index (χ4v) is 4.21. The Hall–Kier alpha value is -3.41. The van der Waals surface area contributed by atoms with E-state index in [1.807, 2.05) is 54.4 Å². The molecular formula is C25H27N3O3. The number of carbonyl (C=O) groups is 2. The highest BCUT2D eigenvalue weighted by atomic mass is 16.3. The van der Waals surface area contributed by atoms with Gasteiger partial charge in [-0.05, 0) is 61.1 Å². The number of aromatic nitrogens is 1. The molecule has 2 atom stereocenters. The molecule has 3 heterocycles. The van der Waals surface area contributed by atoms with Crippen LogP contribution in [-0.4, -0.2) is 34.3 Å². The fraction of sp³-hybridized carbons (Fsp3) is 0.320. The van der Waals surface area contributed by atoms with Gasteiger partial charge in [-0.1, -0.05) is 30.3 Å². The van der Waals surface area contributed by atoms with Gasteiger partial charge in [0.05, 0.1) is 12.3 Å². The van der Waals surface area contributed by atoms with E-state index in [2.05, 4.69) is 10.3 Å². The van der Waals surface area contributed by atoms with Gasteiger partial charge >= 0.3 is 0 Å². The van der Waals surface area contributed by atoms with Gasteiger partial charge in [-0.3, -0.25) is 14.6 Å². The first-order chi connectivity index (χ1) is 15.1. The summed E-state index contributed by atoms with van der Waals surface area (Å²) in [4.78, 5) is 32.7. The minimum atomic E-state index is -0.684. The first-order valence-electron chi connectivity index (χ1n) is 10.7. The van der Waals surface area contributed by atoms with Crippen LogP contribution >= 0.6 is 0 Å². The summed E-state index contributed by atoms with van der Waals surface area (Å²) in [5.41, 5.74) is 3.16. The molecule has 31 heavy (non-hydrogen) atoms. The first-order valence-corrected chi connectivity index (χ1v) is 10.7. The van der Waals surface area contributed by atoms with Crippen molar-refractivity contribution >= 4 is 11.8 Å². The third kappa shape index (κ3) is 4.85. The Labute approximate surface area is 182 Å². The van der Waals surface area contributed by atoms with Crippen LogP contribution in [0.2, 0.25) is 0 Å². The quantitative estimate of drug-likeness (QED) is 0.656. The summed E-state index contributed by atoms with van der Waals surface area (Å²) in [6.07, 6.45) is 8.35. The molecule has 1 fully saturated rings. The van der Waals surface area contributed by atoms with E-state index in [1.165, 1.54) is 6.26 Å². The Morgan fingerprint density at radius 1 is 1.16 bits per heavy atom. The van der Waals surface area contributed by atoms with Gasteiger partial charge in [0.15, 0.2) is 5.76 Å². The molecular weight excluding hydrogens is 390 g/mol. The summed E-state index contributed by atoms with van der Waals surface area (Å²) in [6, 6.07) is 14.4. The summed E-state index contributed by atoms with van der Waals surface area (Å²) in [7, 11) is 0. The third-order valence-corrected chi connectivity index (χ3v) is 5.89. The minimum Gasteiger partial charge on any atom is -0.459 e. The molecule has 6 nitrogen and oxygen atoms in total. The maximum Gasteiger partial charge on any atom is 0.287 e. The standard InChI is InChI=1S/C25H27N3O3/c1-18-8-2-3-9-19(18)16-21(27-24(29)23-12-7-15-31-23)25(30)28-14-5-4-11-22(28)20-10-6-13-26-17-20/h2-3,6-10,12-13,15,17,21-22H,4-5,11,14,16H2,1H3,(H,27,29)/t21-,22+/m0/s1. The maximum atomic E-state index is 13.8. The lowest BCUT2D eigenvalue weighted by atomic mass is 9.94. The van der Waals surface area contributed by atoms with E-state index in [1.54, 1.807) is 18.3 Å². The van der Waals surface area contributed by atoms with Gasteiger partial charge in [0.1, 0.15) is 6.04 Å². The molecule has 0 bridgehead atoms. The Morgan fingerprint density at radius 2 is 2.03 bits per heavy atom. The molecule has 1 aliphatic heterocycles. The smallest absolute Gasteiger partial charge is 0.287 e. The number of hydrogen-bond acceptors (Lipinski definition) is 4. The van der Waals surface area contributed by atoms with Crippen LogP contribution in [-0.2, 0) is 11.2 Å². The number of carbonyl (C=O) groups excluding carboxylic acids is 2. The molecule has 4 rings (SSSR count). The molecule has 0 spiro atoms. The van der Waals surface area contributed by atoms with Crippen molar-refractivity contribution in [1.29, 1.82) is 0 Å². The molecule has 0 unspecified atom stereocenters. The third-order valence-electron chi connectivity index (χ3n) is 5.89. The predicted octanol–water partition coefficient (Wildman–Crippen LogP) is 4.08. The van der Waals surface area contributed by atoms with Crippen LogP contribution in [0.4, 0.5) is 0 Å². The molecule has 2 amide bonds. The highest BCUT2D eigenvalue weighted by Crippen LogP contribution is 2.31. The van der Waals surface area contributed by atoms with Gasteiger partial charge in [0.25, 0.3) is 5.91 Å². The van der Waals surface area contributed by atoms with Crippen molar-refractivity contribution in [3.8, 4) is 0 Å². The summed E-state index contributed by atoms with van der Waals surface area (Å²) in [5, 5.41) is 2.92. The monoisotopic (exact) mass is 417 g/mol. The highest BCUT2D eigenvalue weighted by molar-refractivity contribution is 5.95. The number of rotatable bonds is 6. The van der Waals surface area contributed by atoms with Gasteiger partial charge in [-0.15, -0.1) is 0 Å². The molecule has 0 aliphatic carbocycles. The van der Waals surface area contributed by atoms with Crippen molar-refractivity contribution in [1.82, 2.24) is 15.2 Å². The van der Waals surface area contributed by atoms with E-state index >= 15 is 0 Å². The topological polar surface area (TPSA) is 75.4 Å². The highest BCUT2D eigenvalue weighted by Gasteiger charge is 2.34. The number of piperidine rings is 1. The summed E-state index contributed by atoms with van der Waals surface area (Å²) in [5.74, 6) is -0.256. The molecule has 160 valence electrons. The number of nitrogens with one attached hydrogen (secondary N) is 1. The molecule has 0 radical (unpaired) electrons. The van der Waals surface area contributed by atoms with Crippen LogP contribution in [0.5, 0.6) is 0 Å². The molecule has 1 N–H and O–H groups in total. The average molecular weight is 418 g/mol. The van der Waals surface area contributed by atoms with Crippen LogP contribution < -0.4 is 5.32 Å². The van der Waals surface area contributed by atoms with Crippen molar-refractivity contribution in [2.75, 3.05) is 6.54 Å². The van der Waals surface area contributed by atoms with Gasteiger partial charge < -0.3 is 14.6 Å². The molecule has 6 heteroatoms. The second-order valence-corrected chi connectivity index (χ2v) is 7.96. The van der Waals surface area contributed by atoms with E-state index < -0.39 is 6.04 Å². The number of furan rings is 1. The molecule has 3 aromatic rings. The maximum absolute atomic E-state index is 13.8. The molecule has 0 saturated carbocycles. The molecule has 1 aliphatic rings. The first kappa shape index (κ1) is 20.8. The van der Waals surface area contributed by atoms with E-state index in [-0.39, 0.29) is 23.6 Å². The van der Waals surface area contributed by atoms with E-state index in [4.69, 9.17) is 4.42 Å². The normalized spacial score (nSPS) is 17.2. The number of hydrogen-bond donors (Lipinski definition) is 1. The zero-order valence-electron chi connectivity index (χ0n) is 17.7. The number of aryl methyl sites for hydroxylation is 1. The lowest BCUT2D eigenvalue weighted by Crippen LogP contribution is -2.52. The zero-order valence-corrected chi connectivity index (χ0v) is 17.7. The molecule has 2 aromatic heterocycles. The number of benzene rings is 1. The van der Waals surface area contributed by atoms with Gasteiger partial charge in [0.2, 0.25) is 5.91 Å². The van der Waals surface area contributed by atoms with Crippen molar-refractivity contribution in [2.24, 2.45) is 0 Å². The Balaban J connectivity index is 1.61. The van der Waals surface area contributed by atoms with E-state index in [0.717, 1.165) is 36.0 Å². The van der Waals surface area contributed by atoms with Gasteiger partial charge in [0, 0.05) is 25.4 Å². The van der Waals surface area contributed by atoms with Gasteiger partial charge in [-0.25, -0.2) is 0 Å². The Bertz CT molecular complexity index is 1020. The SMILES string of the molecule is Cc1ccccc1C[C@H](NC(=O)c1ccco1)C(=O)N1CCCC[C@@H]1c1cccnc1. The number of nitrogens with zero attached hydrogens (tertiary/aromatic N) is 2. The number of likely N-dealkylation sites (tertiary alicyclic amines) is 1. The number of pyridine rings is 1. The summed E-state index contributed by atoms with van der Waals surface area (Å²) in [6.45, 7) is 2.68. The zero-order chi connectivity index (χ0) is 21.6. The molecule has 1 saturated heterocycles. The van der Waals surface area contributed by atoms with E-state index in [9.17, 15) is 9.59 Å². The average Bonchev–Trinajstić information content (AvgIpc) is 3.35. The fourth-order valence-electron chi connectivity index (χ4n) is 4.21. The lowest BCUT2D eigenvalue weighted by Gasteiger charge is -2.38. The second-order valence-electron chi connectivity index (χ2n) is 7.96. The van der Waals surface area contributed by atoms with Gasteiger partial charge in [-0.2, -0.15) is 0 Å². The van der Waals surface area contributed by atoms with Crippen molar-refractivity contribution < 1.29 is 14.0 Å². The molecule has 1 aromatic carbocycles. The summed E-state index contributed by atoms with van der Waals surface area (Å²) < 4.78 is 5.24. The predicted molar refractivity (Wildman–Crippen MR) is 117 cm³/mol. The lowest BCUT2D eigenvalue weighted by molar-refractivity contribution is -0.137. The largest absolute Gasteiger partial charge is 0.459 e. The number of amides is 2. The second kappa shape index (κ2) is 9.60. The van der Waals surface area contributed by atoms with Crippen LogP contribution in [0.3, 0.4) is 0 Å².